The lowest BCUT2D eigenvalue weighted by molar-refractivity contribution is -0.140. The summed E-state index contributed by atoms with van der Waals surface area (Å²) < 4.78 is 4.92. The second kappa shape index (κ2) is 16.0. The summed E-state index contributed by atoms with van der Waals surface area (Å²) in [5, 5.41) is 0. The van der Waals surface area contributed by atoms with Crippen molar-refractivity contribution in [2.45, 2.75) is 96.4 Å². The minimum absolute atomic E-state index is 0.00617. The highest BCUT2D eigenvalue weighted by molar-refractivity contribution is 5.83. The van der Waals surface area contributed by atoms with Crippen LogP contribution in [0, 0.1) is 5.92 Å². The van der Waals surface area contributed by atoms with E-state index in [1.165, 1.54) is 6.92 Å². The molecule has 4 aromatic rings. The molecule has 280 valence electrons. The molecule has 3 fully saturated rings. The van der Waals surface area contributed by atoms with Gasteiger partial charge in [0, 0.05) is 25.0 Å². The van der Waals surface area contributed by atoms with Crippen LogP contribution in [0.4, 0.5) is 4.79 Å². The van der Waals surface area contributed by atoms with Gasteiger partial charge in [-0.05, 0) is 93.6 Å². The normalized spacial score (nSPS) is 22.3. The van der Waals surface area contributed by atoms with E-state index in [-0.39, 0.29) is 23.9 Å². The van der Waals surface area contributed by atoms with Crippen LogP contribution in [-0.2, 0) is 14.3 Å². The number of primary amides is 1. The Kier molecular flexibility index (Phi) is 11.0. The van der Waals surface area contributed by atoms with E-state index in [2.05, 4.69) is 87.1 Å². The number of H-pyrrole nitrogens is 2. The van der Waals surface area contributed by atoms with Gasteiger partial charge in [-0.2, -0.15) is 0 Å². The van der Waals surface area contributed by atoms with Crippen molar-refractivity contribution in [2.24, 2.45) is 11.7 Å². The van der Waals surface area contributed by atoms with Gasteiger partial charge in [-0.15, -0.1) is 0 Å². The summed E-state index contributed by atoms with van der Waals surface area (Å²) in [5.74, 6) is 1.74. The Bertz CT molecular complexity index is 1870. The lowest BCUT2D eigenvalue weighted by Gasteiger charge is -2.37. The molecule has 2 saturated heterocycles. The van der Waals surface area contributed by atoms with Crippen molar-refractivity contribution < 1.29 is 19.1 Å². The fourth-order valence-corrected chi connectivity index (χ4v) is 8.74. The first-order valence-electron chi connectivity index (χ1n) is 19.4. The first kappa shape index (κ1) is 36.4. The number of aromatic amines is 2. The molecule has 53 heavy (non-hydrogen) atoms. The van der Waals surface area contributed by atoms with Gasteiger partial charge >= 0.3 is 6.09 Å². The third kappa shape index (κ3) is 7.74. The van der Waals surface area contributed by atoms with Crippen molar-refractivity contribution in [1.82, 2.24) is 34.6 Å². The van der Waals surface area contributed by atoms with Gasteiger partial charge in [-0.25, -0.2) is 14.8 Å². The second-order valence-electron chi connectivity index (χ2n) is 14.7. The fourth-order valence-electron chi connectivity index (χ4n) is 8.74. The molecule has 2 aromatic carbocycles. The van der Waals surface area contributed by atoms with Gasteiger partial charge in [0.05, 0.1) is 35.9 Å². The molecule has 0 radical (unpaired) electrons. The highest BCUT2D eigenvalue weighted by Crippen LogP contribution is 2.37. The maximum absolute atomic E-state index is 13.7. The Morgan fingerprint density at radius 1 is 0.755 bits per heavy atom. The zero-order chi connectivity index (χ0) is 37.1. The van der Waals surface area contributed by atoms with Gasteiger partial charge in [0.25, 0.3) is 5.91 Å². The summed E-state index contributed by atoms with van der Waals surface area (Å²) in [4.78, 5) is 60.5. The number of likely N-dealkylation sites (tertiary alicyclic amines) is 2. The predicted octanol–water partition coefficient (Wildman–Crippen LogP) is 6.85. The molecule has 2 aliphatic heterocycles. The van der Waals surface area contributed by atoms with Crippen LogP contribution in [0.3, 0.4) is 0 Å². The van der Waals surface area contributed by atoms with E-state index in [4.69, 9.17) is 15.5 Å². The third-order valence-electron chi connectivity index (χ3n) is 11.6. The van der Waals surface area contributed by atoms with Gasteiger partial charge in [0.1, 0.15) is 11.6 Å². The number of nitrogens with zero attached hydrogens (tertiary/aromatic N) is 5. The molecule has 3 aliphatic rings. The number of amides is 3. The van der Waals surface area contributed by atoms with Crippen LogP contribution < -0.4 is 5.73 Å². The number of hydrogen-bond donors (Lipinski definition) is 3. The number of aromatic nitrogens is 4. The lowest BCUT2D eigenvalue weighted by atomic mass is 9.84. The largest absolute Gasteiger partial charge is 0.437 e. The molecule has 3 amide bonds. The SMILES string of the molecule is CCN(CC)C1CCC(C(=O)N2CCCC2c2ncc(-c3ccc(-c4ccc(-c5cnc([C@@H]6CCCN6C(=O)[C@H](C)OC(N)=O)[nH]5)cc4)cc3)[nH]2)CC1. The number of imidazole rings is 2. The molecule has 1 unspecified atom stereocenters. The number of carbonyl (C=O) groups excluding carboxylic acids is 3. The monoisotopic (exact) mass is 720 g/mol. The average Bonchev–Trinajstić information content (AvgIpc) is 4.02. The molecule has 12 heteroatoms. The number of ether oxygens (including phenoxy) is 1. The molecule has 4 N–H and O–H groups in total. The summed E-state index contributed by atoms with van der Waals surface area (Å²) >= 11 is 0. The van der Waals surface area contributed by atoms with Gasteiger partial charge in [-0.1, -0.05) is 62.4 Å². The zero-order valence-corrected chi connectivity index (χ0v) is 31.1. The van der Waals surface area contributed by atoms with Crippen LogP contribution in [0.2, 0.25) is 0 Å². The molecule has 3 atom stereocenters. The van der Waals surface area contributed by atoms with E-state index in [1.807, 2.05) is 6.20 Å². The van der Waals surface area contributed by atoms with Crippen molar-refractivity contribution in [3.05, 3.63) is 72.6 Å². The van der Waals surface area contributed by atoms with Crippen molar-refractivity contribution in [2.75, 3.05) is 26.2 Å². The van der Waals surface area contributed by atoms with E-state index < -0.39 is 12.2 Å². The van der Waals surface area contributed by atoms with E-state index in [1.54, 1.807) is 11.1 Å². The predicted molar refractivity (Wildman–Crippen MR) is 203 cm³/mol. The lowest BCUT2D eigenvalue weighted by Crippen LogP contribution is -2.42. The molecule has 1 aliphatic carbocycles. The molecule has 4 heterocycles. The quantitative estimate of drug-likeness (QED) is 0.153. The molecule has 0 spiro atoms. The number of benzene rings is 2. The van der Waals surface area contributed by atoms with Crippen LogP contribution in [0.25, 0.3) is 33.6 Å². The van der Waals surface area contributed by atoms with E-state index in [9.17, 15) is 14.4 Å². The Morgan fingerprint density at radius 2 is 1.23 bits per heavy atom. The van der Waals surface area contributed by atoms with Gasteiger partial charge in [0.15, 0.2) is 6.10 Å². The van der Waals surface area contributed by atoms with E-state index in [0.717, 1.165) is 110 Å². The minimum Gasteiger partial charge on any atom is -0.437 e. The summed E-state index contributed by atoms with van der Waals surface area (Å²) in [6, 6.07) is 17.2. The van der Waals surface area contributed by atoms with Crippen molar-refractivity contribution in [3.8, 4) is 33.6 Å². The first-order chi connectivity index (χ1) is 25.7. The number of rotatable bonds is 11. The second-order valence-corrected chi connectivity index (χ2v) is 14.7. The van der Waals surface area contributed by atoms with Crippen LogP contribution >= 0.6 is 0 Å². The Morgan fingerprint density at radius 3 is 1.72 bits per heavy atom. The van der Waals surface area contributed by atoms with Crippen LogP contribution in [0.5, 0.6) is 0 Å². The number of hydrogen-bond acceptors (Lipinski definition) is 7. The summed E-state index contributed by atoms with van der Waals surface area (Å²) in [5.41, 5.74) is 11.2. The van der Waals surface area contributed by atoms with Crippen molar-refractivity contribution >= 4 is 17.9 Å². The van der Waals surface area contributed by atoms with Crippen LogP contribution in [0.1, 0.15) is 95.9 Å². The fraction of sp³-hybridized carbons (Fsp3) is 0.488. The van der Waals surface area contributed by atoms with Crippen molar-refractivity contribution in [1.29, 1.82) is 0 Å². The number of carbonyl (C=O) groups is 3. The summed E-state index contributed by atoms with van der Waals surface area (Å²) in [6.45, 7) is 9.52. The van der Waals surface area contributed by atoms with E-state index >= 15 is 0 Å². The smallest absolute Gasteiger partial charge is 0.405 e. The highest BCUT2D eigenvalue weighted by atomic mass is 16.6. The Labute approximate surface area is 311 Å². The Balaban J connectivity index is 0.968. The van der Waals surface area contributed by atoms with Gasteiger partial charge in [-0.3, -0.25) is 9.59 Å². The number of nitrogens with one attached hydrogen (secondary N) is 2. The maximum Gasteiger partial charge on any atom is 0.405 e. The average molecular weight is 721 g/mol. The van der Waals surface area contributed by atoms with Gasteiger partial charge < -0.3 is 35.1 Å². The molecule has 12 nitrogen and oxygen atoms in total. The molecule has 7 rings (SSSR count). The highest BCUT2D eigenvalue weighted by Gasteiger charge is 2.38. The first-order valence-corrected chi connectivity index (χ1v) is 19.4. The van der Waals surface area contributed by atoms with E-state index in [0.29, 0.717) is 24.3 Å². The van der Waals surface area contributed by atoms with Crippen LogP contribution in [0.15, 0.2) is 60.9 Å². The molecule has 2 aromatic heterocycles. The minimum atomic E-state index is -0.965. The maximum atomic E-state index is 13.7. The Hall–Kier alpha value is -4.97. The van der Waals surface area contributed by atoms with Crippen LogP contribution in [-0.4, -0.2) is 90.9 Å². The number of nitrogens with two attached hydrogens (primary N) is 1. The van der Waals surface area contributed by atoms with Gasteiger partial charge in [0.2, 0.25) is 5.91 Å². The molecule has 0 bridgehead atoms. The third-order valence-corrected chi connectivity index (χ3v) is 11.6. The molecular formula is C41H52N8O4. The standard InChI is InChI=1S/C41H52N8O4/c1-4-47(5-2)32-20-18-31(19-21-32)40(51)49-23-7-9-36(49)38-44-25-34(46-38)30-16-12-28(13-17-30)27-10-14-29(15-11-27)33-24-43-37(45-33)35-8-6-22-48(35)39(50)26(3)53-41(42)52/h10-17,24-26,31-32,35-36H,4-9,18-23H2,1-3H3,(H2,42,52)(H,43,45)(H,44,46)/t26-,31?,32?,35-,36?/m0/s1. The summed E-state index contributed by atoms with van der Waals surface area (Å²) in [7, 11) is 0. The topological polar surface area (TPSA) is 154 Å². The summed E-state index contributed by atoms with van der Waals surface area (Å²) in [6.07, 6.45) is 9.50. The van der Waals surface area contributed by atoms with Crippen molar-refractivity contribution in [3.63, 3.8) is 0 Å². The zero-order valence-electron chi connectivity index (χ0n) is 31.1. The molecular weight excluding hydrogens is 669 g/mol. The molecule has 1 saturated carbocycles.